The van der Waals surface area contributed by atoms with E-state index < -0.39 is 21.4 Å². The van der Waals surface area contributed by atoms with Gasteiger partial charge in [-0.25, -0.2) is 0 Å². The van der Waals surface area contributed by atoms with Crippen LogP contribution in [0.2, 0.25) is 0 Å². The van der Waals surface area contributed by atoms with E-state index in [4.69, 9.17) is 0 Å². The Morgan fingerprint density at radius 3 is 1.57 bits per heavy atom. The lowest BCUT2D eigenvalue weighted by Crippen LogP contribution is -2.28. The molecule has 216 valence electrons. The minimum Gasteiger partial charge on any atom is -0.376 e. The van der Waals surface area contributed by atoms with Crippen molar-refractivity contribution in [2.75, 3.05) is 0 Å². The molecule has 0 aliphatic carbocycles. The minimum atomic E-state index is -5.77. The molecule has 0 aromatic heterocycles. The van der Waals surface area contributed by atoms with Gasteiger partial charge < -0.3 is 4.18 Å². The van der Waals surface area contributed by atoms with Crippen LogP contribution in [0.1, 0.15) is 27.7 Å². The molecule has 0 aliphatic rings. The van der Waals surface area contributed by atoms with Crippen molar-refractivity contribution in [3.8, 4) is 28.0 Å². The molecule has 0 fully saturated rings. The molecule has 6 aromatic carbocycles. The zero-order valence-electron chi connectivity index (χ0n) is 23.7. The number of hydrogen-bond donors (Lipinski definition) is 0. The molecule has 6 aromatic rings. The second-order valence-electron chi connectivity index (χ2n) is 8.88. The van der Waals surface area contributed by atoms with Crippen molar-refractivity contribution in [1.82, 2.24) is 0 Å². The van der Waals surface area contributed by atoms with Gasteiger partial charge in [0.1, 0.15) is 5.75 Å². The predicted octanol–water partition coefficient (Wildman–Crippen LogP) is 10.8. The Kier molecular flexibility index (Phi) is 9.22. The summed E-state index contributed by atoms with van der Waals surface area (Å²) in [4.78, 5) is 0. The summed E-state index contributed by atoms with van der Waals surface area (Å²) in [5, 5.41) is 5.50. The van der Waals surface area contributed by atoms with E-state index in [1.165, 1.54) is 12.1 Å². The summed E-state index contributed by atoms with van der Waals surface area (Å²) >= 11 is 0. The molecule has 0 aliphatic heterocycles. The summed E-state index contributed by atoms with van der Waals surface area (Å²) in [5.74, 6) is -0.402. The van der Waals surface area contributed by atoms with E-state index in [-0.39, 0.29) is 0 Å². The molecule has 0 saturated heterocycles. The fraction of sp³-hybridized carbons (Fsp3) is 0.143. The van der Waals surface area contributed by atoms with Gasteiger partial charge in [0.15, 0.2) is 0 Å². The maximum atomic E-state index is 12.9. The number of halogens is 3. The molecule has 0 saturated carbocycles. The third kappa shape index (κ3) is 5.70. The van der Waals surface area contributed by atoms with Crippen LogP contribution in [-0.4, -0.2) is 13.9 Å². The van der Waals surface area contributed by atoms with E-state index in [1.807, 2.05) is 76.2 Å². The van der Waals surface area contributed by atoms with Gasteiger partial charge in [-0.05, 0) is 66.7 Å². The van der Waals surface area contributed by atoms with Crippen LogP contribution in [0, 0.1) is 0 Å². The first-order valence-electron chi connectivity index (χ1n) is 13.8. The van der Waals surface area contributed by atoms with Crippen molar-refractivity contribution in [2.24, 2.45) is 0 Å². The Morgan fingerprint density at radius 2 is 1.05 bits per heavy atom. The first-order valence-corrected chi connectivity index (χ1v) is 15.2. The number of alkyl halides is 3. The van der Waals surface area contributed by atoms with Crippen molar-refractivity contribution in [2.45, 2.75) is 33.2 Å². The Morgan fingerprint density at radius 1 is 0.548 bits per heavy atom. The van der Waals surface area contributed by atoms with Crippen LogP contribution in [0.4, 0.5) is 13.2 Å². The van der Waals surface area contributed by atoms with Gasteiger partial charge in [0.25, 0.3) is 0 Å². The fourth-order valence-corrected chi connectivity index (χ4v) is 5.49. The second kappa shape index (κ2) is 12.7. The summed E-state index contributed by atoms with van der Waals surface area (Å²) in [7, 11) is -5.77. The van der Waals surface area contributed by atoms with E-state index in [9.17, 15) is 21.6 Å². The summed E-state index contributed by atoms with van der Waals surface area (Å²) in [6.45, 7) is 8.00. The maximum Gasteiger partial charge on any atom is 0.534 e. The van der Waals surface area contributed by atoms with Crippen LogP contribution in [-0.2, 0) is 10.1 Å². The lowest BCUT2D eigenvalue weighted by atomic mass is 9.85. The van der Waals surface area contributed by atoms with Gasteiger partial charge in [0.2, 0.25) is 0 Å². The molecule has 0 amide bonds. The molecule has 0 N–H and O–H groups in total. The van der Waals surface area contributed by atoms with Crippen LogP contribution < -0.4 is 4.18 Å². The molecule has 0 bridgehead atoms. The number of rotatable bonds is 4. The van der Waals surface area contributed by atoms with Gasteiger partial charge in [-0.15, -0.1) is 0 Å². The van der Waals surface area contributed by atoms with E-state index in [1.54, 1.807) is 18.2 Å². The van der Waals surface area contributed by atoms with E-state index >= 15 is 0 Å². The SMILES string of the molecule is CC.CC.O=S(=O)(Oc1ccc2c(-c3c4ccccc4c(-c4ccccc4)c4ccccc34)cccc2c1)C(F)(F)F. The Hall–Kier alpha value is -4.36. The van der Waals surface area contributed by atoms with Gasteiger partial charge in [0.05, 0.1) is 0 Å². The highest BCUT2D eigenvalue weighted by Gasteiger charge is 2.48. The molecule has 3 nitrogen and oxygen atoms in total. The summed E-state index contributed by atoms with van der Waals surface area (Å²) in [6, 6.07) is 36.1. The second-order valence-corrected chi connectivity index (χ2v) is 10.4. The highest BCUT2D eigenvalue weighted by atomic mass is 32.2. The van der Waals surface area contributed by atoms with Gasteiger partial charge in [-0.1, -0.05) is 131 Å². The third-order valence-electron chi connectivity index (χ3n) is 6.60. The van der Waals surface area contributed by atoms with Crippen LogP contribution in [0.5, 0.6) is 5.75 Å². The molecule has 0 unspecified atom stereocenters. The molecule has 7 heteroatoms. The van der Waals surface area contributed by atoms with Crippen LogP contribution in [0.3, 0.4) is 0 Å². The highest BCUT2D eigenvalue weighted by molar-refractivity contribution is 7.88. The zero-order chi connectivity index (χ0) is 30.5. The summed E-state index contributed by atoms with van der Waals surface area (Å²) in [6.07, 6.45) is 0. The first kappa shape index (κ1) is 30.6. The molecule has 0 spiro atoms. The van der Waals surface area contributed by atoms with Crippen LogP contribution >= 0.6 is 0 Å². The molecular weight excluding hydrogens is 557 g/mol. The predicted molar refractivity (Wildman–Crippen MR) is 168 cm³/mol. The van der Waals surface area contributed by atoms with Gasteiger partial charge >= 0.3 is 15.6 Å². The largest absolute Gasteiger partial charge is 0.534 e. The normalized spacial score (nSPS) is 11.4. The summed E-state index contributed by atoms with van der Waals surface area (Å²) < 4.78 is 66.0. The first-order chi connectivity index (χ1) is 20.2. The molecule has 42 heavy (non-hydrogen) atoms. The Bertz CT molecular complexity index is 1890. The molecule has 0 atom stereocenters. The van der Waals surface area contributed by atoms with Gasteiger partial charge in [0, 0.05) is 0 Å². The summed E-state index contributed by atoms with van der Waals surface area (Å²) in [5.41, 5.74) is -1.44. The van der Waals surface area contributed by atoms with Crippen LogP contribution in [0.15, 0.2) is 115 Å². The fourth-order valence-electron chi connectivity index (χ4n) is 5.04. The Balaban J connectivity index is 0.000000972. The van der Waals surface area contributed by atoms with Crippen molar-refractivity contribution >= 4 is 42.4 Å². The Labute approximate surface area is 244 Å². The van der Waals surface area contributed by atoms with Crippen LogP contribution in [0.25, 0.3) is 54.6 Å². The highest BCUT2D eigenvalue weighted by Crippen LogP contribution is 2.45. The van der Waals surface area contributed by atoms with E-state index in [2.05, 4.69) is 40.6 Å². The van der Waals surface area contributed by atoms with E-state index in [0.29, 0.717) is 5.39 Å². The van der Waals surface area contributed by atoms with E-state index in [0.717, 1.165) is 49.2 Å². The zero-order valence-corrected chi connectivity index (χ0v) is 24.6. The molecular formula is C35H31F3O3S. The number of fused-ring (bicyclic) bond motifs is 3. The number of benzene rings is 6. The molecule has 0 heterocycles. The van der Waals surface area contributed by atoms with Gasteiger partial charge in [-0.3, -0.25) is 0 Å². The number of hydrogen-bond acceptors (Lipinski definition) is 3. The average molecular weight is 589 g/mol. The molecule has 6 rings (SSSR count). The maximum absolute atomic E-state index is 12.9. The minimum absolute atomic E-state index is 0.402. The molecule has 0 radical (unpaired) electrons. The third-order valence-corrected chi connectivity index (χ3v) is 7.58. The topological polar surface area (TPSA) is 43.4 Å². The lowest BCUT2D eigenvalue weighted by Gasteiger charge is -2.19. The van der Waals surface area contributed by atoms with Crippen molar-refractivity contribution in [3.05, 3.63) is 115 Å². The van der Waals surface area contributed by atoms with Crippen molar-refractivity contribution in [3.63, 3.8) is 0 Å². The standard InChI is InChI=1S/C31H19F3O3S.2C2H6/c32-31(33,34)38(35,36)37-22-17-18-23-21(19-22)11-8-16-24(23)30-27-14-6-4-12-25(27)29(20-9-2-1-3-10-20)26-13-5-7-15-28(26)30;2*1-2/h1-19H;2*1-2H3. The van der Waals surface area contributed by atoms with Crippen molar-refractivity contribution < 1.29 is 25.8 Å². The average Bonchev–Trinajstić information content (AvgIpc) is 3.01. The van der Waals surface area contributed by atoms with Crippen molar-refractivity contribution in [1.29, 1.82) is 0 Å². The van der Waals surface area contributed by atoms with Gasteiger partial charge in [-0.2, -0.15) is 21.6 Å². The lowest BCUT2D eigenvalue weighted by molar-refractivity contribution is -0.0500. The quantitative estimate of drug-likeness (QED) is 0.117. The monoisotopic (exact) mass is 588 g/mol. The smallest absolute Gasteiger partial charge is 0.376 e.